The van der Waals surface area contributed by atoms with E-state index in [4.69, 9.17) is 0 Å². The number of anilines is 1. The maximum absolute atomic E-state index is 13.4. The van der Waals surface area contributed by atoms with Crippen molar-refractivity contribution in [3.8, 4) is 0 Å². The summed E-state index contributed by atoms with van der Waals surface area (Å²) in [5.41, 5.74) is 1.67. The maximum Gasteiger partial charge on any atom is 0.230 e. The van der Waals surface area contributed by atoms with Gasteiger partial charge in [-0.2, -0.15) is 5.10 Å². The molecule has 1 amide bonds. The molecule has 0 aliphatic rings. The quantitative estimate of drug-likeness (QED) is 0.895. The zero-order valence-corrected chi connectivity index (χ0v) is 10.6. The Kier molecular flexibility index (Phi) is 3.59. The number of carbonyl (C=O) groups is 1. The van der Waals surface area contributed by atoms with Gasteiger partial charge < -0.3 is 5.32 Å². The molecule has 0 saturated heterocycles. The standard InChI is InChI=1S/C13H13F2N3O/c1-7-8(2)17-18-13(7)16-11(19)6-9-4-3-5-10(14)12(9)15/h3-5H,6H2,1-2H3,(H2,16,17,18,19). The van der Waals surface area contributed by atoms with E-state index < -0.39 is 17.5 Å². The van der Waals surface area contributed by atoms with E-state index in [-0.39, 0.29) is 12.0 Å². The number of aromatic amines is 1. The Morgan fingerprint density at radius 3 is 2.74 bits per heavy atom. The van der Waals surface area contributed by atoms with Crippen molar-refractivity contribution < 1.29 is 13.6 Å². The van der Waals surface area contributed by atoms with E-state index >= 15 is 0 Å². The van der Waals surface area contributed by atoms with Crippen LogP contribution in [0.4, 0.5) is 14.6 Å². The number of amides is 1. The molecule has 1 aromatic heterocycles. The molecule has 2 rings (SSSR count). The molecule has 2 N–H and O–H groups in total. The van der Waals surface area contributed by atoms with E-state index in [2.05, 4.69) is 15.5 Å². The van der Waals surface area contributed by atoms with Crippen molar-refractivity contribution in [2.24, 2.45) is 0 Å². The largest absolute Gasteiger partial charge is 0.309 e. The lowest BCUT2D eigenvalue weighted by Gasteiger charge is -2.05. The molecule has 0 saturated carbocycles. The number of nitrogens with zero attached hydrogens (tertiary/aromatic N) is 1. The van der Waals surface area contributed by atoms with Gasteiger partial charge in [0.25, 0.3) is 0 Å². The summed E-state index contributed by atoms with van der Waals surface area (Å²) < 4.78 is 26.4. The second kappa shape index (κ2) is 5.17. The van der Waals surface area contributed by atoms with Crippen molar-refractivity contribution in [2.45, 2.75) is 20.3 Å². The summed E-state index contributed by atoms with van der Waals surface area (Å²) in [6.07, 6.45) is -0.241. The second-order valence-corrected chi connectivity index (χ2v) is 4.26. The van der Waals surface area contributed by atoms with Crippen LogP contribution in [0.25, 0.3) is 0 Å². The van der Waals surface area contributed by atoms with Gasteiger partial charge in [-0.05, 0) is 19.9 Å². The van der Waals surface area contributed by atoms with Crippen LogP contribution in [0.3, 0.4) is 0 Å². The van der Waals surface area contributed by atoms with Crippen LogP contribution < -0.4 is 5.32 Å². The number of aryl methyl sites for hydroxylation is 1. The number of halogens is 2. The first kappa shape index (κ1) is 13.2. The van der Waals surface area contributed by atoms with Gasteiger partial charge in [0, 0.05) is 16.8 Å². The van der Waals surface area contributed by atoms with Crippen LogP contribution in [-0.2, 0) is 11.2 Å². The summed E-state index contributed by atoms with van der Waals surface area (Å²) in [6, 6.07) is 3.75. The van der Waals surface area contributed by atoms with Crippen LogP contribution in [0.1, 0.15) is 16.8 Å². The van der Waals surface area contributed by atoms with Crippen molar-refractivity contribution in [1.29, 1.82) is 0 Å². The van der Waals surface area contributed by atoms with E-state index in [1.54, 1.807) is 6.92 Å². The Morgan fingerprint density at radius 1 is 1.37 bits per heavy atom. The minimum Gasteiger partial charge on any atom is -0.309 e. The van der Waals surface area contributed by atoms with Gasteiger partial charge in [-0.3, -0.25) is 9.89 Å². The lowest BCUT2D eigenvalue weighted by molar-refractivity contribution is -0.115. The van der Waals surface area contributed by atoms with Crippen molar-refractivity contribution in [1.82, 2.24) is 10.2 Å². The zero-order chi connectivity index (χ0) is 14.0. The number of benzene rings is 1. The smallest absolute Gasteiger partial charge is 0.230 e. The fraction of sp³-hybridized carbons (Fsp3) is 0.231. The summed E-state index contributed by atoms with van der Waals surface area (Å²) in [4.78, 5) is 11.8. The molecule has 0 bridgehead atoms. The molecule has 19 heavy (non-hydrogen) atoms. The van der Waals surface area contributed by atoms with Gasteiger partial charge >= 0.3 is 0 Å². The predicted octanol–water partition coefficient (Wildman–Crippen LogP) is 2.49. The third-order valence-corrected chi connectivity index (χ3v) is 2.89. The number of rotatable bonds is 3. The molecular formula is C13H13F2N3O. The first-order valence-electron chi connectivity index (χ1n) is 5.73. The summed E-state index contributed by atoms with van der Waals surface area (Å²) in [6.45, 7) is 3.63. The molecular weight excluding hydrogens is 252 g/mol. The monoisotopic (exact) mass is 265 g/mol. The molecule has 0 radical (unpaired) electrons. The first-order valence-corrected chi connectivity index (χ1v) is 5.73. The minimum atomic E-state index is -0.993. The minimum absolute atomic E-state index is 0.0161. The third kappa shape index (κ3) is 2.78. The molecule has 0 aliphatic heterocycles. The van der Waals surface area contributed by atoms with Crippen molar-refractivity contribution in [3.05, 3.63) is 46.7 Å². The number of nitrogens with one attached hydrogen (secondary N) is 2. The first-order chi connectivity index (χ1) is 8.99. The van der Waals surface area contributed by atoms with Crippen LogP contribution in [0.2, 0.25) is 0 Å². The summed E-state index contributed by atoms with van der Waals surface area (Å²) in [7, 11) is 0. The van der Waals surface area contributed by atoms with Gasteiger partial charge in [0.15, 0.2) is 17.5 Å². The van der Waals surface area contributed by atoms with Gasteiger partial charge in [0.2, 0.25) is 5.91 Å². The Morgan fingerprint density at radius 2 is 2.11 bits per heavy atom. The number of carbonyl (C=O) groups excluding carboxylic acids is 1. The van der Waals surface area contributed by atoms with Gasteiger partial charge in [0.05, 0.1) is 6.42 Å². The number of H-pyrrole nitrogens is 1. The van der Waals surface area contributed by atoms with Gasteiger partial charge in [-0.15, -0.1) is 0 Å². The number of hydrogen-bond acceptors (Lipinski definition) is 2. The van der Waals surface area contributed by atoms with E-state index in [0.717, 1.165) is 17.3 Å². The predicted molar refractivity (Wildman–Crippen MR) is 66.8 cm³/mol. The molecule has 1 heterocycles. The van der Waals surface area contributed by atoms with Crippen molar-refractivity contribution >= 4 is 11.7 Å². The molecule has 0 aliphatic carbocycles. The second-order valence-electron chi connectivity index (χ2n) is 4.26. The topological polar surface area (TPSA) is 57.8 Å². The highest BCUT2D eigenvalue weighted by atomic mass is 19.2. The molecule has 2 aromatic rings. The molecule has 0 atom stereocenters. The molecule has 0 unspecified atom stereocenters. The molecule has 4 nitrogen and oxygen atoms in total. The van der Waals surface area contributed by atoms with Gasteiger partial charge in [0.1, 0.15) is 0 Å². The van der Waals surface area contributed by atoms with Gasteiger partial charge in [-0.1, -0.05) is 12.1 Å². The summed E-state index contributed by atoms with van der Waals surface area (Å²) >= 11 is 0. The Bertz CT molecular complexity index is 622. The molecule has 6 heteroatoms. The van der Waals surface area contributed by atoms with Crippen LogP contribution in [0, 0.1) is 25.5 Å². The lowest BCUT2D eigenvalue weighted by Crippen LogP contribution is -2.16. The molecule has 0 spiro atoms. The van der Waals surface area contributed by atoms with Gasteiger partial charge in [-0.25, -0.2) is 8.78 Å². The number of hydrogen-bond donors (Lipinski definition) is 2. The van der Waals surface area contributed by atoms with Crippen molar-refractivity contribution in [2.75, 3.05) is 5.32 Å². The molecule has 100 valence electrons. The Labute approximate surface area is 108 Å². The van der Waals surface area contributed by atoms with E-state index in [9.17, 15) is 13.6 Å². The highest BCUT2D eigenvalue weighted by molar-refractivity contribution is 5.92. The van der Waals surface area contributed by atoms with E-state index in [1.807, 2.05) is 6.92 Å². The fourth-order valence-electron chi connectivity index (χ4n) is 1.64. The summed E-state index contributed by atoms with van der Waals surface area (Å²) in [5.74, 6) is -2.00. The number of aromatic nitrogens is 2. The van der Waals surface area contributed by atoms with Crippen molar-refractivity contribution in [3.63, 3.8) is 0 Å². The normalized spacial score (nSPS) is 10.5. The Balaban J connectivity index is 2.10. The van der Waals surface area contributed by atoms with Crippen LogP contribution >= 0.6 is 0 Å². The van der Waals surface area contributed by atoms with Crippen LogP contribution in [0.5, 0.6) is 0 Å². The lowest BCUT2D eigenvalue weighted by atomic mass is 10.1. The van der Waals surface area contributed by atoms with E-state index in [0.29, 0.717) is 5.82 Å². The van der Waals surface area contributed by atoms with Crippen LogP contribution in [0.15, 0.2) is 18.2 Å². The maximum atomic E-state index is 13.4. The molecule has 0 fully saturated rings. The summed E-state index contributed by atoms with van der Waals surface area (Å²) in [5, 5.41) is 9.20. The van der Waals surface area contributed by atoms with E-state index in [1.165, 1.54) is 12.1 Å². The van der Waals surface area contributed by atoms with Crippen LogP contribution in [-0.4, -0.2) is 16.1 Å². The zero-order valence-electron chi connectivity index (χ0n) is 10.6. The SMILES string of the molecule is Cc1[nH]nc(NC(=O)Cc2cccc(F)c2F)c1C. The third-order valence-electron chi connectivity index (χ3n) is 2.89. The average Bonchev–Trinajstić information content (AvgIpc) is 2.67. The fourth-order valence-corrected chi connectivity index (χ4v) is 1.64. The highest BCUT2D eigenvalue weighted by Crippen LogP contribution is 2.16. The average molecular weight is 265 g/mol. The Hall–Kier alpha value is -2.24. The highest BCUT2D eigenvalue weighted by Gasteiger charge is 2.14. The molecule has 1 aromatic carbocycles.